The number of aliphatic hydroxyl groups is 1. The fraction of sp³-hybridized carbons (Fsp3) is 0.488. The van der Waals surface area contributed by atoms with Crippen LogP contribution in [-0.2, 0) is 49.3 Å². The number of carbonyl (C=O) groups excluding carboxylic acids is 4. The monoisotopic (exact) mass is 739 g/mol. The van der Waals surface area contributed by atoms with Crippen molar-refractivity contribution in [3.8, 4) is 0 Å². The van der Waals surface area contributed by atoms with Gasteiger partial charge in [-0.2, -0.15) is 0 Å². The Hall–Kier alpha value is -4.58. The van der Waals surface area contributed by atoms with Gasteiger partial charge in [-0.05, 0) is 55.0 Å². The zero-order chi connectivity index (χ0) is 38.3. The third kappa shape index (κ3) is 6.71. The molecule has 2 aromatic carbocycles. The number of amides is 1. The van der Waals surface area contributed by atoms with Gasteiger partial charge in [0, 0.05) is 48.8 Å². The highest BCUT2D eigenvalue weighted by molar-refractivity contribution is 6.32. The zero-order valence-corrected chi connectivity index (χ0v) is 31.3. The minimum atomic E-state index is -1.08. The number of hydrogen-bond donors (Lipinski definition) is 2. The van der Waals surface area contributed by atoms with Crippen molar-refractivity contribution in [1.82, 2.24) is 5.32 Å². The van der Waals surface area contributed by atoms with Crippen LogP contribution in [0.4, 0.5) is 0 Å². The fourth-order valence-electron chi connectivity index (χ4n) is 9.47. The molecule has 286 valence electrons. The van der Waals surface area contributed by atoms with Gasteiger partial charge in [0.25, 0.3) is 0 Å². The van der Waals surface area contributed by atoms with Crippen LogP contribution in [0.2, 0.25) is 0 Å². The Balaban J connectivity index is 1.09. The number of benzene rings is 2. The molecule has 54 heavy (non-hydrogen) atoms. The lowest BCUT2D eigenvalue weighted by Crippen LogP contribution is -2.57. The molecule has 1 saturated heterocycles. The molecule has 1 saturated carbocycles. The quantitative estimate of drug-likeness (QED) is 0.169. The van der Waals surface area contributed by atoms with E-state index in [2.05, 4.69) is 5.32 Å². The summed E-state index contributed by atoms with van der Waals surface area (Å²) in [6.07, 6.45) is 7.52. The second-order valence-corrected chi connectivity index (χ2v) is 15.3. The maximum Gasteiger partial charge on any atom is 0.397 e. The van der Waals surface area contributed by atoms with Crippen LogP contribution in [0.25, 0.3) is 10.8 Å². The van der Waals surface area contributed by atoms with E-state index in [1.54, 1.807) is 13.0 Å². The van der Waals surface area contributed by atoms with E-state index in [-0.39, 0.29) is 24.8 Å². The van der Waals surface area contributed by atoms with Crippen LogP contribution in [0, 0.1) is 29.6 Å². The fourth-order valence-corrected chi connectivity index (χ4v) is 9.47. The Kier molecular flexibility index (Phi) is 10.7. The van der Waals surface area contributed by atoms with Gasteiger partial charge in [-0.1, -0.05) is 92.8 Å². The van der Waals surface area contributed by atoms with Crippen LogP contribution in [0.15, 0.2) is 90.1 Å². The maximum absolute atomic E-state index is 13.7. The van der Waals surface area contributed by atoms with E-state index in [0.29, 0.717) is 18.4 Å². The molecule has 2 aliphatic heterocycles. The lowest BCUT2D eigenvalue weighted by Gasteiger charge is -2.49. The van der Waals surface area contributed by atoms with E-state index < -0.39 is 83.8 Å². The average Bonchev–Trinajstić information content (AvgIpc) is 3.77. The van der Waals surface area contributed by atoms with E-state index >= 15 is 0 Å². The summed E-state index contributed by atoms with van der Waals surface area (Å²) >= 11 is 0. The number of methoxy groups -OCH3 is 1. The normalized spacial score (nSPS) is 35.6. The van der Waals surface area contributed by atoms with Crippen molar-refractivity contribution >= 4 is 34.6 Å². The summed E-state index contributed by atoms with van der Waals surface area (Å²) in [7, 11) is 1.43. The highest BCUT2D eigenvalue weighted by Gasteiger charge is 2.69. The minimum Gasteiger partial charge on any atom is -0.456 e. The molecular weight excluding hydrogens is 690 g/mol. The molecular formula is C43H49NO10. The predicted octanol–water partition coefficient (Wildman–Crippen LogP) is 4.71. The van der Waals surface area contributed by atoms with Gasteiger partial charge >= 0.3 is 23.8 Å². The number of rotatable bonds is 8. The number of ether oxygens (including phenoxy) is 5. The summed E-state index contributed by atoms with van der Waals surface area (Å²) in [5.74, 6) is -5.01. The van der Waals surface area contributed by atoms with Gasteiger partial charge in [0.15, 0.2) is 6.10 Å². The van der Waals surface area contributed by atoms with Crippen molar-refractivity contribution in [3.05, 3.63) is 95.6 Å². The maximum atomic E-state index is 13.7. The van der Waals surface area contributed by atoms with E-state index in [4.69, 9.17) is 23.7 Å². The van der Waals surface area contributed by atoms with Gasteiger partial charge in [0.05, 0.1) is 6.10 Å². The van der Waals surface area contributed by atoms with Crippen LogP contribution >= 0.6 is 0 Å². The molecule has 2 aromatic rings. The first-order chi connectivity index (χ1) is 25.9. The molecule has 2 N–H and O–H groups in total. The molecule has 0 radical (unpaired) electrons. The molecule has 12 atom stereocenters. The molecule has 2 fully saturated rings. The molecule has 11 nitrogen and oxygen atoms in total. The number of cyclic esters (lactones) is 1. The average molecular weight is 740 g/mol. The topological polar surface area (TPSA) is 147 Å². The van der Waals surface area contributed by atoms with Crippen LogP contribution in [0.3, 0.4) is 0 Å². The zero-order valence-electron chi connectivity index (χ0n) is 31.3. The smallest absolute Gasteiger partial charge is 0.397 e. The lowest BCUT2D eigenvalue weighted by atomic mass is 9.57. The summed E-state index contributed by atoms with van der Waals surface area (Å²) in [5, 5.41) is 16.8. The number of hydrogen-bond acceptors (Lipinski definition) is 10. The van der Waals surface area contributed by atoms with Crippen LogP contribution in [0.5, 0.6) is 0 Å². The summed E-state index contributed by atoms with van der Waals surface area (Å²) in [6.45, 7) is 7.48. The first kappa shape index (κ1) is 37.7. The third-order valence-corrected chi connectivity index (χ3v) is 12.2. The highest BCUT2D eigenvalue weighted by atomic mass is 16.6. The molecule has 11 heteroatoms. The van der Waals surface area contributed by atoms with Gasteiger partial charge in [0.1, 0.15) is 30.0 Å². The van der Waals surface area contributed by atoms with E-state index in [1.165, 1.54) is 7.11 Å². The van der Waals surface area contributed by atoms with Crippen molar-refractivity contribution in [2.24, 2.45) is 29.6 Å². The Morgan fingerprint density at radius 3 is 2.63 bits per heavy atom. The van der Waals surface area contributed by atoms with E-state index in [1.807, 2.05) is 93.6 Å². The SMILES string of the molecule is CO[C@H]1C[C@H]2C=CC3C4C(O)[C@@H](C)[C@@H](OC(=O)C5=CC=CC5)[C@@H]3O[C@]42/C(C)=C/[C@@H](C)[C@@H]([C@@H](C)OC(=O)C(=O)NCCc2cccc3ccccc23)OC1=O. The molecule has 4 bridgehead atoms. The Bertz CT molecular complexity index is 1930. The molecule has 3 unspecified atom stereocenters. The number of carbonyl (C=O) groups is 4. The summed E-state index contributed by atoms with van der Waals surface area (Å²) in [6, 6.07) is 13.9. The number of fused-ring (bicyclic) bond motifs is 1. The lowest BCUT2D eigenvalue weighted by molar-refractivity contribution is -0.180. The molecule has 2 heterocycles. The molecule has 7 rings (SSSR count). The largest absolute Gasteiger partial charge is 0.456 e. The van der Waals surface area contributed by atoms with Crippen molar-refractivity contribution in [1.29, 1.82) is 0 Å². The minimum absolute atomic E-state index is 0.186. The van der Waals surface area contributed by atoms with E-state index in [9.17, 15) is 24.3 Å². The second kappa shape index (κ2) is 15.3. The predicted molar refractivity (Wildman–Crippen MR) is 199 cm³/mol. The first-order valence-corrected chi connectivity index (χ1v) is 18.9. The summed E-state index contributed by atoms with van der Waals surface area (Å²) < 4.78 is 30.5. The van der Waals surface area contributed by atoms with E-state index in [0.717, 1.165) is 21.9 Å². The molecule has 0 aromatic heterocycles. The van der Waals surface area contributed by atoms with Crippen LogP contribution in [0.1, 0.15) is 46.1 Å². The van der Waals surface area contributed by atoms with Crippen LogP contribution in [-0.4, -0.2) is 84.8 Å². The second-order valence-electron chi connectivity index (χ2n) is 15.3. The summed E-state index contributed by atoms with van der Waals surface area (Å²) in [5.41, 5.74) is 1.35. The van der Waals surface area contributed by atoms with Crippen molar-refractivity contribution < 1.29 is 48.0 Å². The Morgan fingerprint density at radius 2 is 1.87 bits per heavy atom. The number of allylic oxidation sites excluding steroid dienone is 3. The summed E-state index contributed by atoms with van der Waals surface area (Å²) in [4.78, 5) is 52.9. The molecule has 3 aliphatic carbocycles. The van der Waals surface area contributed by atoms with Gasteiger partial charge in [0.2, 0.25) is 0 Å². The highest BCUT2D eigenvalue weighted by Crippen LogP contribution is 2.61. The van der Waals surface area contributed by atoms with Crippen molar-refractivity contribution in [3.63, 3.8) is 0 Å². The van der Waals surface area contributed by atoms with Gasteiger partial charge < -0.3 is 34.1 Å². The Labute approximate surface area is 315 Å². The third-order valence-electron chi connectivity index (χ3n) is 12.2. The number of esters is 3. The standard InChI is InChI=1S/C43H49NO10/c1-23-21-24(2)43-30(17-18-32-34(43)35(45)25(3)37(38(32)54-43)53-40(47)29-12-6-7-13-29)22-33(50-5)41(48)52-36(23)26(4)51-42(49)39(46)44-20-19-28-15-10-14-27-11-8-9-16-31(27)28/h6-12,14-18,21,23,25-26,30,32-38,45H,13,19-20,22H2,1-5H3,(H,44,46)/b24-21+/t23-,25-,26-,30-,32?,33+,34?,35?,36+,37-,38-,43+/m1/s1. The van der Waals surface area contributed by atoms with Gasteiger partial charge in [-0.25, -0.2) is 14.4 Å². The number of aliphatic hydroxyl groups excluding tert-OH is 1. The van der Waals surface area contributed by atoms with Crippen LogP contribution < -0.4 is 5.32 Å². The van der Waals surface area contributed by atoms with Crippen molar-refractivity contribution in [2.45, 2.75) is 89.2 Å². The number of nitrogens with one attached hydrogen (secondary N) is 1. The first-order valence-electron chi connectivity index (χ1n) is 18.9. The molecule has 1 amide bonds. The molecule has 5 aliphatic rings. The molecule has 1 spiro atoms. The van der Waals surface area contributed by atoms with Gasteiger partial charge in [-0.15, -0.1) is 0 Å². The van der Waals surface area contributed by atoms with Gasteiger partial charge in [-0.3, -0.25) is 4.79 Å². The Morgan fingerprint density at radius 1 is 1.09 bits per heavy atom. The van der Waals surface area contributed by atoms with Crippen molar-refractivity contribution in [2.75, 3.05) is 13.7 Å².